The van der Waals surface area contributed by atoms with Crippen molar-refractivity contribution >= 4 is 27.5 Å². The van der Waals surface area contributed by atoms with Crippen LogP contribution in [0.3, 0.4) is 0 Å². The molecule has 0 aliphatic carbocycles. The van der Waals surface area contributed by atoms with Crippen LogP contribution in [-0.4, -0.2) is 31.2 Å². The van der Waals surface area contributed by atoms with Crippen molar-refractivity contribution in [3.05, 3.63) is 52.6 Å². The Kier molecular flexibility index (Phi) is 5.71. The Hall–Kier alpha value is -1.92. The number of halogens is 1. The summed E-state index contributed by atoms with van der Waals surface area (Å²) in [4.78, 5) is 16.2. The molecule has 6 heteroatoms. The van der Waals surface area contributed by atoms with Crippen molar-refractivity contribution in [2.45, 2.75) is 0 Å². The van der Waals surface area contributed by atoms with E-state index in [-0.39, 0.29) is 5.91 Å². The topological polar surface area (TPSA) is 60.5 Å². The van der Waals surface area contributed by atoms with Crippen LogP contribution in [0.5, 0.6) is 5.88 Å². The van der Waals surface area contributed by atoms with E-state index < -0.39 is 0 Å². The third-order valence-corrected chi connectivity index (χ3v) is 3.17. The summed E-state index contributed by atoms with van der Waals surface area (Å²) in [6.45, 7) is 0.859. The monoisotopic (exact) mass is 350 g/mol. The molecule has 1 amide bonds. The van der Waals surface area contributed by atoms with E-state index in [1.54, 1.807) is 25.4 Å². The SMILES string of the molecule is COCCOc1cc(C(=O)Nc2ccc(Br)cc2)ccn1. The highest BCUT2D eigenvalue weighted by Gasteiger charge is 2.08. The number of pyridine rings is 1. The lowest BCUT2D eigenvalue weighted by molar-refractivity contribution is 0.102. The van der Waals surface area contributed by atoms with Gasteiger partial charge in [0.2, 0.25) is 5.88 Å². The first-order valence-corrected chi connectivity index (χ1v) is 7.13. The van der Waals surface area contributed by atoms with Crippen LogP contribution in [0.15, 0.2) is 47.1 Å². The number of nitrogens with one attached hydrogen (secondary N) is 1. The highest BCUT2D eigenvalue weighted by atomic mass is 79.9. The fourth-order valence-electron chi connectivity index (χ4n) is 1.60. The van der Waals surface area contributed by atoms with Crippen molar-refractivity contribution in [3.8, 4) is 5.88 Å². The summed E-state index contributed by atoms with van der Waals surface area (Å²) in [6.07, 6.45) is 1.54. The predicted molar refractivity (Wildman–Crippen MR) is 83.7 cm³/mol. The van der Waals surface area contributed by atoms with E-state index in [0.29, 0.717) is 24.7 Å². The van der Waals surface area contributed by atoms with Gasteiger partial charge in [-0.3, -0.25) is 4.79 Å². The lowest BCUT2D eigenvalue weighted by atomic mass is 10.2. The minimum absolute atomic E-state index is 0.212. The normalized spacial score (nSPS) is 10.2. The number of nitrogens with zero attached hydrogens (tertiary/aromatic N) is 1. The maximum absolute atomic E-state index is 12.2. The zero-order valence-corrected chi connectivity index (χ0v) is 13.1. The molecule has 5 nitrogen and oxygen atoms in total. The van der Waals surface area contributed by atoms with E-state index in [0.717, 1.165) is 10.2 Å². The molecule has 0 bridgehead atoms. The van der Waals surface area contributed by atoms with Gasteiger partial charge in [-0.05, 0) is 30.3 Å². The minimum atomic E-state index is -0.212. The Balaban J connectivity index is 2.01. The number of carbonyl (C=O) groups is 1. The molecule has 2 aromatic rings. The molecule has 0 fully saturated rings. The molecular formula is C15H15BrN2O3. The zero-order chi connectivity index (χ0) is 15.1. The second-order valence-corrected chi connectivity index (χ2v) is 5.10. The maximum atomic E-state index is 12.2. The molecular weight excluding hydrogens is 336 g/mol. The second-order valence-electron chi connectivity index (χ2n) is 4.19. The lowest BCUT2D eigenvalue weighted by Crippen LogP contribution is -2.12. The van der Waals surface area contributed by atoms with Crippen molar-refractivity contribution in [2.24, 2.45) is 0 Å². The standard InChI is InChI=1S/C15H15BrN2O3/c1-20-8-9-21-14-10-11(6-7-17-14)15(19)18-13-4-2-12(16)3-5-13/h2-7,10H,8-9H2,1H3,(H,18,19). The Morgan fingerprint density at radius 1 is 1.24 bits per heavy atom. The van der Waals surface area contributed by atoms with Crippen molar-refractivity contribution < 1.29 is 14.3 Å². The van der Waals surface area contributed by atoms with E-state index in [4.69, 9.17) is 9.47 Å². The summed E-state index contributed by atoms with van der Waals surface area (Å²) >= 11 is 3.35. The fraction of sp³-hybridized carbons (Fsp3) is 0.200. The molecule has 0 radical (unpaired) electrons. The number of rotatable bonds is 6. The van der Waals surface area contributed by atoms with E-state index in [1.807, 2.05) is 24.3 Å². The zero-order valence-electron chi connectivity index (χ0n) is 11.5. The van der Waals surface area contributed by atoms with Crippen LogP contribution in [0, 0.1) is 0 Å². The number of methoxy groups -OCH3 is 1. The van der Waals surface area contributed by atoms with Crippen molar-refractivity contribution in [2.75, 3.05) is 25.6 Å². The summed E-state index contributed by atoms with van der Waals surface area (Å²) < 4.78 is 11.2. The first-order valence-electron chi connectivity index (χ1n) is 6.34. The summed E-state index contributed by atoms with van der Waals surface area (Å²) in [5, 5.41) is 2.81. The third-order valence-electron chi connectivity index (χ3n) is 2.64. The second kappa shape index (κ2) is 7.75. The molecule has 0 saturated carbocycles. The smallest absolute Gasteiger partial charge is 0.255 e. The van der Waals surface area contributed by atoms with Gasteiger partial charge in [0.15, 0.2) is 0 Å². The van der Waals surface area contributed by atoms with E-state index in [9.17, 15) is 4.79 Å². The third kappa shape index (κ3) is 4.84. The molecule has 0 spiro atoms. The van der Waals surface area contributed by atoms with Crippen LogP contribution >= 0.6 is 15.9 Å². The molecule has 21 heavy (non-hydrogen) atoms. The van der Waals surface area contributed by atoms with Crippen LogP contribution in [-0.2, 0) is 4.74 Å². The molecule has 0 atom stereocenters. The molecule has 110 valence electrons. The van der Waals surface area contributed by atoms with Gasteiger partial charge in [0.25, 0.3) is 5.91 Å². The van der Waals surface area contributed by atoms with Crippen LogP contribution in [0.1, 0.15) is 10.4 Å². The van der Waals surface area contributed by atoms with E-state index in [2.05, 4.69) is 26.2 Å². The van der Waals surface area contributed by atoms with Gasteiger partial charge in [-0.1, -0.05) is 15.9 Å². The van der Waals surface area contributed by atoms with Crippen molar-refractivity contribution in [1.82, 2.24) is 4.98 Å². The summed E-state index contributed by atoms with van der Waals surface area (Å²) in [7, 11) is 1.60. The number of aromatic nitrogens is 1. The van der Waals surface area contributed by atoms with Gasteiger partial charge in [0.1, 0.15) is 6.61 Å². The molecule has 1 heterocycles. The Bertz CT molecular complexity index is 602. The Morgan fingerprint density at radius 3 is 2.71 bits per heavy atom. The van der Waals surface area contributed by atoms with Gasteiger partial charge < -0.3 is 14.8 Å². The van der Waals surface area contributed by atoms with Gasteiger partial charge in [-0.2, -0.15) is 0 Å². The number of hydrogen-bond donors (Lipinski definition) is 1. The quantitative estimate of drug-likeness (QED) is 0.813. The van der Waals surface area contributed by atoms with Crippen LogP contribution in [0.25, 0.3) is 0 Å². The lowest BCUT2D eigenvalue weighted by Gasteiger charge is -2.07. The summed E-state index contributed by atoms with van der Waals surface area (Å²) in [5.41, 5.74) is 1.21. The summed E-state index contributed by atoms with van der Waals surface area (Å²) in [5.74, 6) is 0.187. The van der Waals surface area contributed by atoms with Crippen LogP contribution < -0.4 is 10.1 Å². The van der Waals surface area contributed by atoms with Crippen LogP contribution in [0.4, 0.5) is 5.69 Å². The Morgan fingerprint density at radius 2 is 2.00 bits per heavy atom. The van der Waals surface area contributed by atoms with Crippen molar-refractivity contribution in [1.29, 1.82) is 0 Å². The van der Waals surface area contributed by atoms with Gasteiger partial charge in [-0.15, -0.1) is 0 Å². The van der Waals surface area contributed by atoms with E-state index >= 15 is 0 Å². The largest absolute Gasteiger partial charge is 0.475 e. The molecule has 1 aromatic heterocycles. The van der Waals surface area contributed by atoms with Crippen molar-refractivity contribution in [3.63, 3.8) is 0 Å². The van der Waals surface area contributed by atoms with Gasteiger partial charge in [0, 0.05) is 35.1 Å². The summed E-state index contributed by atoms with van der Waals surface area (Å²) in [6, 6.07) is 10.6. The first-order chi connectivity index (χ1) is 10.2. The van der Waals surface area contributed by atoms with Gasteiger partial charge >= 0.3 is 0 Å². The number of hydrogen-bond acceptors (Lipinski definition) is 4. The highest BCUT2D eigenvalue weighted by Crippen LogP contribution is 2.16. The molecule has 0 unspecified atom stereocenters. The predicted octanol–water partition coefficient (Wildman–Crippen LogP) is 3.12. The highest BCUT2D eigenvalue weighted by molar-refractivity contribution is 9.10. The number of ether oxygens (including phenoxy) is 2. The minimum Gasteiger partial charge on any atom is -0.475 e. The maximum Gasteiger partial charge on any atom is 0.255 e. The molecule has 1 N–H and O–H groups in total. The fourth-order valence-corrected chi connectivity index (χ4v) is 1.86. The number of benzene rings is 1. The number of amides is 1. The molecule has 2 rings (SSSR count). The van der Waals surface area contributed by atoms with E-state index in [1.165, 1.54) is 0 Å². The van der Waals surface area contributed by atoms with Crippen LogP contribution in [0.2, 0.25) is 0 Å². The number of anilines is 1. The average molecular weight is 351 g/mol. The van der Waals surface area contributed by atoms with Gasteiger partial charge in [0.05, 0.1) is 6.61 Å². The first kappa shape index (κ1) is 15.5. The Labute approximate surface area is 131 Å². The number of carbonyl (C=O) groups excluding carboxylic acids is 1. The molecule has 0 aliphatic rings. The van der Waals surface area contributed by atoms with Gasteiger partial charge in [-0.25, -0.2) is 4.98 Å². The molecule has 0 aliphatic heterocycles. The average Bonchev–Trinajstić information content (AvgIpc) is 2.50. The molecule has 1 aromatic carbocycles. The molecule has 0 saturated heterocycles.